The van der Waals surface area contributed by atoms with E-state index in [1.54, 1.807) is 24.3 Å². The molecule has 0 bridgehead atoms. The van der Waals surface area contributed by atoms with Crippen LogP contribution in [0.3, 0.4) is 0 Å². The lowest BCUT2D eigenvalue weighted by molar-refractivity contribution is -0.153. The second-order valence-corrected chi connectivity index (χ2v) is 6.66. The molecule has 0 spiro atoms. The van der Waals surface area contributed by atoms with E-state index < -0.39 is 12.8 Å². The summed E-state index contributed by atoms with van der Waals surface area (Å²) in [4.78, 5) is 16.5. The Hall–Kier alpha value is -2.50. The van der Waals surface area contributed by atoms with Crippen LogP contribution in [0.4, 0.5) is 13.2 Å². The number of halogens is 4. The van der Waals surface area contributed by atoms with Crippen molar-refractivity contribution in [2.45, 2.75) is 33.1 Å². The Morgan fingerprint density at radius 3 is 2.28 bits per heavy atom. The Morgan fingerprint density at radius 1 is 0.969 bits per heavy atom. The van der Waals surface area contributed by atoms with Crippen molar-refractivity contribution in [2.24, 2.45) is 4.99 Å². The zero-order valence-electron chi connectivity index (χ0n) is 18.0. The van der Waals surface area contributed by atoms with Crippen molar-refractivity contribution in [3.63, 3.8) is 0 Å². The molecule has 0 aromatic heterocycles. The smallest absolute Gasteiger partial charge is 0.422 e. The highest BCUT2D eigenvalue weighted by atomic mass is 127. The topological polar surface area (TPSA) is 74.8 Å². The molecule has 0 heterocycles. The molecule has 0 saturated heterocycles. The van der Waals surface area contributed by atoms with Crippen molar-refractivity contribution < 1.29 is 22.7 Å². The second kappa shape index (κ2) is 13.8. The standard InChI is InChI=1S/C22H27F3N4O2.HI/c1-3-26-20(30)18-7-5-6-17(12-18)14-29-21(27-4-2)28-13-16-8-10-19(11-9-16)31-15-22(23,24)25;/h5-12H,3-4,13-15H2,1-2H3,(H,26,30)(H2,27,28,29);1H. The van der Waals surface area contributed by atoms with E-state index in [-0.39, 0.29) is 35.6 Å². The fourth-order valence-electron chi connectivity index (χ4n) is 2.64. The highest BCUT2D eigenvalue weighted by molar-refractivity contribution is 14.0. The molecule has 176 valence electrons. The molecule has 10 heteroatoms. The molecule has 0 fully saturated rings. The summed E-state index contributed by atoms with van der Waals surface area (Å²) in [5.74, 6) is 0.623. The van der Waals surface area contributed by atoms with Crippen molar-refractivity contribution >= 4 is 35.8 Å². The number of carbonyl (C=O) groups excluding carboxylic acids is 1. The first-order valence-electron chi connectivity index (χ1n) is 9.98. The third-order valence-electron chi connectivity index (χ3n) is 4.08. The molecule has 0 aliphatic heterocycles. The number of ether oxygens (including phenoxy) is 1. The number of amides is 1. The van der Waals surface area contributed by atoms with E-state index in [0.717, 1.165) is 11.1 Å². The van der Waals surface area contributed by atoms with E-state index in [4.69, 9.17) is 4.74 Å². The molecule has 0 aliphatic carbocycles. The van der Waals surface area contributed by atoms with Crippen molar-refractivity contribution in [1.29, 1.82) is 0 Å². The number of benzene rings is 2. The first-order valence-corrected chi connectivity index (χ1v) is 9.98. The number of aliphatic imine (C=N–C) groups is 1. The van der Waals surface area contributed by atoms with Crippen molar-refractivity contribution in [1.82, 2.24) is 16.0 Å². The van der Waals surface area contributed by atoms with Gasteiger partial charge < -0.3 is 20.7 Å². The van der Waals surface area contributed by atoms with Crippen LogP contribution in [0.5, 0.6) is 5.75 Å². The maximum absolute atomic E-state index is 12.2. The summed E-state index contributed by atoms with van der Waals surface area (Å²) < 4.78 is 41.4. The van der Waals surface area contributed by atoms with Gasteiger partial charge in [-0.3, -0.25) is 4.79 Å². The van der Waals surface area contributed by atoms with Gasteiger partial charge in [0.2, 0.25) is 0 Å². The fourth-order valence-corrected chi connectivity index (χ4v) is 2.64. The zero-order chi connectivity index (χ0) is 22.7. The Bertz CT molecular complexity index is 874. The average molecular weight is 564 g/mol. The minimum atomic E-state index is -4.36. The van der Waals surface area contributed by atoms with E-state index in [9.17, 15) is 18.0 Å². The monoisotopic (exact) mass is 564 g/mol. The average Bonchev–Trinajstić information content (AvgIpc) is 2.75. The van der Waals surface area contributed by atoms with Gasteiger partial charge in [0.25, 0.3) is 5.91 Å². The third kappa shape index (κ3) is 10.2. The number of guanidine groups is 1. The number of nitrogens with one attached hydrogen (secondary N) is 3. The van der Waals surface area contributed by atoms with Gasteiger partial charge in [0.15, 0.2) is 12.6 Å². The fraction of sp³-hybridized carbons (Fsp3) is 0.364. The molecule has 2 rings (SSSR count). The normalized spacial score (nSPS) is 11.3. The van der Waals surface area contributed by atoms with Crippen molar-refractivity contribution in [3.8, 4) is 5.75 Å². The molecule has 2 aromatic rings. The Kier molecular flexibility index (Phi) is 11.9. The molecule has 0 saturated carbocycles. The van der Waals surface area contributed by atoms with Crippen LogP contribution >= 0.6 is 24.0 Å². The van der Waals surface area contributed by atoms with Gasteiger partial charge in [0.1, 0.15) is 5.75 Å². The van der Waals surface area contributed by atoms with Crippen LogP contribution < -0.4 is 20.7 Å². The first kappa shape index (κ1) is 27.5. The number of nitrogens with zero attached hydrogens (tertiary/aromatic N) is 1. The molecule has 0 radical (unpaired) electrons. The third-order valence-corrected chi connectivity index (χ3v) is 4.08. The first-order chi connectivity index (χ1) is 14.8. The summed E-state index contributed by atoms with van der Waals surface area (Å²) in [6, 6.07) is 13.7. The number of hydrogen-bond donors (Lipinski definition) is 3. The predicted octanol–water partition coefficient (Wildman–Crippen LogP) is 4.25. The second-order valence-electron chi connectivity index (χ2n) is 6.66. The summed E-state index contributed by atoms with van der Waals surface area (Å²) >= 11 is 0. The minimum absolute atomic E-state index is 0. The van der Waals surface area contributed by atoms with E-state index in [1.165, 1.54) is 12.1 Å². The number of alkyl halides is 3. The summed E-state index contributed by atoms with van der Waals surface area (Å²) in [6.07, 6.45) is -4.36. The highest BCUT2D eigenvalue weighted by Gasteiger charge is 2.28. The molecule has 32 heavy (non-hydrogen) atoms. The van der Waals surface area contributed by atoms with Crippen molar-refractivity contribution in [3.05, 3.63) is 65.2 Å². The van der Waals surface area contributed by atoms with E-state index in [1.807, 2.05) is 26.0 Å². The van der Waals surface area contributed by atoms with Crippen LogP contribution in [0, 0.1) is 0 Å². The molecule has 6 nitrogen and oxygen atoms in total. The Balaban J connectivity index is 0.00000512. The predicted molar refractivity (Wildman–Crippen MR) is 130 cm³/mol. The van der Waals surface area contributed by atoms with Crippen LogP contribution in [-0.2, 0) is 13.1 Å². The molecule has 1 amide bonds. The molecular formula is C22H28F3IN4O2. The van der Waals surface area contributed by atoms with Crippen LogP contribution in [0.25, 0.3) is 0 Å². The maximum Gasteiger partial charge on any atom is 0.422 e. The number of rotatable bonds is 9. The maximum atomic E-state index is 12.2. The van der Waals surface area contributed by atoms with Gasteiger partial charge in [-0.1, -0.05) is 24.3 Å². The SMILES string of the molecule is CCNC(=O)c1cccc(CN=C(NCC)NCc2ccc(OCC(F)(F)F)cc2)c1.I. The lowest BCUT2D eigenvalue weighted by Gasteiger charge is -2.13. The van der Waals surface area contributed by atoms with E-state index in [2.05, 4.69) is 20.9 Å². The van der Waals surface area contributed by atoms with Gasteiger partial charge >= 0.3 is 6.18 Å². The summed E-state index contributed by atoms with van der Waals surface area (Å²) in [6.45, 7) is 4.53. The van der Waals surface area contributed by atoms with Crippen LogP contribution in [-0.4, -0.2) is 37.7 Å². The van der Waals surface area contributed by atoms with E-state index in [0.29, 0.717) is 37.7 Å². The minimum Gasteiger partial charge on any atom is -0.484 e. The van der Waals surface area contributed by atoms with Gasteiger partial charge in [0, 0.05) is 25.2 Å². The summed E-state index contributed by atoms with van der Waals surface area (Å²) in [5, 5.41) is 9.09. The number of hydrogen-bond acceptors (Lipinski definition) is 3. The van der Waals surface area contributed by atoms with Gasteiger partial charge in [-0.25, -0.2) is 4.99 Å². The Labute approximate surface area is 203 Å². The molecule has 2 aromatic carbocycles. The van der Waals surface area contributed by atoms with Gasteiger partial charge in [-0.05, 0) is 49.2 Å². The number of carbonyl (C=O) groups is 1. The Morgan fingerprint density at radius 2 is 1.66 bits per heavy atom. The molecular weight excluding hydrogens is 536 g/mol. The summed E-state index contributed by atoms with van der Waals surface area (Å²) in [5.41, 5.74) is 2.34. The zero-order valence-corrected chi connectivity index (χ0v) is 20.3. The molecule has 0 aliphatic rings. The molecule has 3 N–H and O–H groups in total. The lowest BCUT2D eigenvalue weighted by atomic mass is 10.1. The molecule has 0 unspecified atom stereocenters. The highest BCUT2D eigenvalue weighted by Crippen LogP contribution is 2.18. The van der Waals surface area contributed by atoms with Crippen molar-refractivity contribution in [2.75, 3.05) is 19.7 Å². The quantitative estimate of drug-likeness (QED) is 0.242. The van der Waals surface area contributed by atoms with Crippen LogP contribution in [0.1, 0.15) is 35.3 Å². The largest absolute Gasteiger partial charge is 0.484 e. The van der Waals surface area contributed by atoms with Gasteiger partial charge in [0.05, 0.1) is 6.54 Å². The van der Waals surface area contributed by atoms with E-state index >= 15 is 0 Å². The van der Waals surface area contributed by atoms with Crippen LogP contribution in [0.2, 0.25) is 0 Å². The van der Waals surface area contributed by atoms with Gasteiger partial charge in [-0.2, -0.15) is 13.2 Å². The summed E-state index contributed by atoms with van der Waals surface area (Å²) in [7, 11) is 0. The van der Waals surface area contributed by atoms with Crippen LogP contribution in [0.15, 0.2) is 53.5 Å². The lowest BCUT2D eigenvalue weighted by Crippen LogP contribution is -2.36. The molecule has 0 atom stereocenters. The van der Waals surface area contributed by atoms with Gasteiger partial charge in [-0.15, -0.1) is 24.0 Å².